The topological polar surface area (TPSA) is 59.0 Å². The molecule has 1 aromatic carbocycles. The number of thiocarbonyl (C=S) groups is 1. The maximum Gasteiger partial charge on any atom is 0.279 e. The second-order valence-corrected chi connectivity index (χ2v) is 6.69. The summed E-state index contributed by atoms with van der Waals surface area (Å²) in [5, 5.41) is 9.99. The van der Waals surface area contributed by atoms with Crippen LogP contribution >= 0.6 is 44.1 Å². The molecule has 0 aliphatic carbocycles. The number of rotatable bonds is 3. The number of aromatic nitrogens is 2. The van der Waals surface area contributed by atoms with Gasteiger partial charge in [0.25, 0.3) is 5.91 Å². The second kappa shape index (κ2) is 7.34. The van der Waals surface area contributed by atoms with E-state index >= 15 is 0 Å². The first-order valence-corrected chi connectivity index (χ1v) is 8.51. The lowest BCUT2D eigenvalue weighted by Crippen LogP contribution is -2.34. The highest BCUT2D eigenvalue weighted by Crippen LogP contribution is 2.23. The van der Waals surface area contributed by atoms with Crippen molar-refractivity contribution in [2.24, 2.45) is 0 Å². The Hall–Kier alpha value is -1.25. The SMILES string of the molecule is CCn1cc(Br)c(C(=O)NC(=S)Nc2ccc(C)cc2Br)n1. The normalized spacial score (nSPS) is 10.4. The molecule has 0 fully saturated rings. The van der Waals surface area contributed by atoms with Crippen LogP contribution in [0.2, 0.25) is 0 Å². The van der Waals surface area contributed by atoms with E-state index in [1.165, 1.54) is 0 Å². The van der Waals surface area contributed by atoms with Crippen LogP contribution in [0.15, 0.2) is 33.3 Å². The van der Waals surface area contributed by atoms with Crippen LogP contribution < -0.4 is 10.6 Å². The maximum absolute atomic E-state index is 12.2. The van der Waals surface area contributed by atoms with E-state index in [1.54, 1.807) is 10.9 Å². The number of halogens is 2. The molecule has 0 radical (unpaired) electrons. The molecule has 0 spiro atoms. The van der Waals surface area contributed by atoms with Crippen LogP contribution in [0.1, 0.15) is 23.0 Å². The number of amides is 1. The van der Waals surface area contributed by atoms with Crippen LogP contribution in [0.25, 0.3) is 0 Å². The lowest BCUT2D eigenvalue weighted by Gasteiger charge is -2.11. The van der Waals surface area contributed by atoms with E-state index in [0.29, 0.717) is 16.7 Å². The first kappa shape index (κ1) is 17.1. The molecular formula is C14H14Br2N4OS. The van der Waals surface area contributed by atoms with Crippen LogP contribution in [-0.2, 0) is 6.54 Å². The molecule has 0 saturated heterocycles. The molecule has 116 valence electrons. The highest BCUT2D eigenvalue weighted by atomic mass is 79.9. The van der Waals surface area contributed by atoms with Gasteiger partial charge in [-0.3, -0.25) is 14.8 Å². The number of carbonyl (C=O) groups is 1. The van der Waals surface area contributed by atoms with Gasteiger partial charge in [-0.05, 0) is 75.6 Å². The Morgan fingerprint density at radius 1 is 1.36 bits per heavy atom. The minimum atomic E-state index is -0.361. The van der Waals surface area contributed by atoms with Crippen molar-refractivity contribution < 1.29 is 4.79 Å². The van der Waals surface area contributed by atoms with Crippen LogP contribution in [0.3, 0.4) is 0 Å². The Balaban J connectivity index is 2.05. The molecule has 1 heterocycles. The predicted octanol–water partition coefficient (Wildman–Crippen LogP) is 3.86. The van der Waals surface area contributed by atoms with Crippen molar-refractivity contribution in [1.82, 2.24) is 15.1 Å². The lowest BCUT2D eigenvalue weighted by atomic mass is 10.2. The van der Waals surface area contributed by atoms with Gasteiger partial charge < -0.3 is 5.32 Å². The number of anilines is 1. The Bertz CT molecular complexity index is 730. The van der Waals surface area contributed by atoms with Gasteiger partial charge in [-0.1, -0.05) is 6.07 Å². The van der Waals surface area contributed by atoms with Gasteiger partial charge in [0.2, 0.25) is 0 Å². The van der Waals surface area contributed by atoms with Gasteiger partial charge in [0.05, 0.1) is 10.2 Å². The van der Waals surface area contributed by atoms with Gasteiger partial charge in [0.15, 0.2) is 10.8 Å². The van der Waals surface area contributed by atoms with Crippen LogP contribution in [0, 0.1) is 6.92 Å². The number of hydrogen-bond donors (Lipinski definition) is 2. The molecule has 0 saturated carbocycles. The zero-order chi connectivity index (χ0) is 16.3. The molecule has 2 N–H and O–H groups in total. The largest absolute Gasteiger partial charge is 0.331 e. The molecule has 0 aliphatic heterocycles. The van der Waals surface area contributed by atoms with Gasteiger partial charge in [0.1, 0.15) is 0 Å². The monoisotopic (exact) mass is 444 g/mol. The summed E-state index contributed by atoms with van der Waals surface area (Å²) in [4.78, 5) is 12.2. The van der Waals surface area contributed by atoms with Gasteiger partial charge in [-0.2, -0.15) is 5.10 Å². The molecule has 5 nitrogen and oxygen atoms in total. The second-order valence-electron chi connectivity index (χ2n) is 4.57. The number of aryl methyl sites for hydroxylation is 2. The Morgan fingerprint density at radius 2 is 2.09 bits per heavy atom. The van der Waals surface area contributed by atoms with Gasteiger partial charge in [0, 0.05) is 17.2 Å². The van der Waals surface area contributed by atoms with E-state index in [-0.39, 0.29) is 11.0 Å². The van der Waals surface area contributed by atoms with E-state index < -0.39 is 0 Å². The number of nitrogens with one attached hydrogen (secondary N) is 2. The average Bonchev–Trinajstić information content (AvgIpc) is 2.83. The molecule has 22 heavy (non-hydrogen) atoms. The van der Waals surface area contributed by atoms with E-state index in [9.17, 15) is 4.79 Å². The Morgan fingerprint density at radius 3 is 2.68 bits per heavy atom. The molecule has 0 unspecified atom stereocenters. The molecule has 2 aromatic rings. The van der Waals surface area contributed by atoms with Crippen molar-refractivity contribution >= 4 is 60.8 Å². The van der Waals surface area contributed by atoms with Crippen molar-refractivity contribution in [2.75, 3.05) is 5.32 Å². The lowest BCUT2D eigenvalue weighted by molar-refractivity contribution is 0.0971. The van der Waals surface area contributed by atoms with Crippen molar-refractivity contribution in [1.29, 1.82) is 0 Å². The summed E-state index contributed by atoms with van der Waals surface area (Å²) in [5.74, 6) is -0.361. The highest BCUT2D eigenvalue weighted by Gasteiger charge is 2.16. The minimum absolute atomic E-state index is 0.215. The van der Waals surface area contributed by atoms with Crippen molar-refractivity contribution in [3.63, 3.8) is 0 Å². The summed E-state index contributed by atoms with van der Waals surface area (Å²) < 4.78 is 3.18. The summed E-state index contributed by atoms with van der Waals surface area (Å²) in [5.41, 5.74) is 2.21. The van der Waals surface area contributed by atoms with Gasteiger partial charge in [-0.15, -0.1) is 0 Å². The Labute approximate surface area is 150 Å². The quantitative estimate of drug-likeness (QED) is 0.704. The van der Waals surface area contributed by atoms with Crippen LogP contribution in [-0.4, -0.2) is 20.8 Å². The molecule has 0 atom stereocenters. The molecular weight excluding hydrogens is 432 g/mol. The predicted molar refractivity (Wildman–Crippen MR) is 98.2 cm³/mol. The van der Waals surface area contributed by atoms with Crippen molar-refractivity contribution in [3.05, 3.63) is 44.6 Å². The molecule has 0 bridgehead atoms. The van der Waals surface area contributed by atoms with E-state index in [4.69, 9.17) is 12.2 Å². The van der Waals surface area contributed by atoms with Crippen molar-refractivity contribution in [3.8, 4) is 0 Å². The number of hydrogen-bond acceptors (Lipinski definition) is 3. The minimum Gasteiger partial charge on any atom is -0.331 e. The smallest absolute Gasteiger partial charge is 0.279 e. The molecule has 1 amide bonds. The molecule has 2 rings (SSSR count). The summed E-state index contributed by atoms with van der Waals surface area (Å²) in [6.07, 6.45) is 1.75. The third kappa shape index (κ3) is 4.15. The fourth-order valence-electron chi connectivity index (χ4n) is 1.75. The zero-order valence-electron chi connectivity index (χ0n) is 12.0. The number of benzene rings is 1. The van der Waals surface area contributed by atoms with E-state index in [2.05, 4.69) is 47.6 Å². The van der Waals surface area contributed by atoms with E-state index in [0.717, 1.165) is 15.7 Å². The van der Waals surface area contributed by atoms with Crippen molar-refractivity contribution in [2.45, 2.75) is 20.4 Å². The number of nitrogens with zero attached hydrogens (tertiary/aromatic N) is 2. The standard InChI is InChI=1S/C14H14Br2N4OS/c1-3-20-7-10(16)12(19-20)13(21)18-14(22)17-11-5-4-8(2)6-9(11)15/h4-7H,3H2,1-2H3,(H2,17,18,21,22). The van der Waals surface area contributed by atoms with E-state index in [1.807, 2.05) is 32.0 Å². The Kier molecular flexibility index (Phi) is 5.71. The van der Waals surface area contributed by atoms with Gasteiger partial charge in [-0.25, -0.2) is 0 Å². The van der Waals surface area contributed by atoms with Gasteiger partial charge >= 0.3 is 0 Å². The third-order valence-electron chi connectivity index (χ3n) is 2.86. The molecule has 1 aromatic heterocycles. The summed E-state index contributed by atoms with van der Waals surface area (Å²) >= 11 is 11.9. The summed E-state index contributed by atoms with van der Waals surface area (Å²) in [7, 11) is 0. The maximum atomic E-state index is 12.2. The molecule has 8 heteroatoms. The zero-order valence-corrected chi connectivity index (χ0v) is 16.0. The van der Waals surface area contributed by atoms with Crippen LogP contribution in [0.4, 0.5) is 5.69 Å². The number of carbonyl (C=O) groups excluding carboxylic acids is 1. The molecule has 0 aliphatic rings. The first-order valence-electron chi connectivity index (χ1n) is 6.52. The third-order valence-corrected chi connectivity index (χ3v) is 4.30. The summed E-state index contributed by atoms with van der Waals surface area (Å²) in [6.45, 7) is 4.63. The average molecular weight is 446 g/mol. The fourth-order valence-corrected chi connectivity index (χ4v) is 3.04. The first-order chi connectivity index (χ1) is 10.4. The van der Waals surface area contributed by atoms with Crippen LogP contribution in [0.5, 0.6) is 0 Å². The fraction of sp³-hybridized carbons (Fsp3) is 0.214. The highest BCUT2D eigenvalue weighted by molar-refractivity contribution is 9.11. The summed E-state index contributed by atoms with van der Waals surface area (Å²) in [6, 6.07) is 5.81.